The molecule has 0 radical (unpaired) electrons. The third kappa shape index (κ3) is 2.28. The van der Waals surface area contributed by atoms with E-state index < -0.39 is 0 Å². The molecule has 4 bridgehead atoms. The lowest BCUT2D eigenvalue weighted by Crippen LogP contribution is -2.48. The zero-order valence-electron chi connectivity index (χ0n) is 12.8. The summed E-state index contributed by atoms with van der Waals surface area (Å²) in [5, 5.41) is 2.32. The highest BCUT2D eigenvalue weighted by Gasteiger charge is 2.52. The van der Waals surface area contributed by atoms with E-state index in [4.69, 9.17) is 28.2 Å². The average Bonchev–Trinajstić information content (AvgIpc) is 2.46. The van der Waals surface area contributed by atoms with Gasteiger partial charge in [0.1, 0.15) is 0 Å². The summed E-state index contributed by atoms with van der Waals surface area (Å²) in [7, 11) is 0. The first-order chi connectivity index (χ1) is 11.0. The molecule has 0 N–H and O–H groups in total. The van der Waals surface area contributed by atoms with Crippen molar-refractivity contribution in [3.63, 3.8) is 0 Å². The van der Waals surface area contributed by atoms with Crippen LogP contribution < -0.4 is 0 Å². The van der Waals surface area contributed by atoms with Gasteiger partial charge in [0.05, 0.1) is 10.5 Å². The Bertz CT molecular complexity index is 781. The summed E-state index contributed by atoms with van der Waals surface area (Å²) in [6, 6.07) is 5.99. The predicted octanol–water partition coefficient (Wildman–Crippen LogP) is 6.77. The maximum Gasteiger partial charge on any atom is 0.0904 e. The van der Waals surface area contributed by atoms with Gasteiger partial charge in [-0.3, -0.25) is 4.98 Å². The van der Waals surface area contributed by atoms with Gasteiger partial charge in [-0.2, -0.15) is 0 Å². The van der Waals surface area contributed by atoms with E-state index in [1.165, 1.54) is 44.2 Å². The molecule has 4 aliphatic carbocycles. The summed E-state index contributed by atoms with van der Waals surface area (Å²) in [6.45, 7) is 0. The molecule has 4 saturated carbocycles. The van der Waals surface area contributed by atoms with Crippen LogP contribution in [0.2, 0.25) is 10.0 Å². The van der Waals surface area contributed by atoms with Crippen LogP contribution in [-0.2, 0) is 5.41 Å². The van der Waals surface area contributed by atoms with Crippen LogP contribution in [0.4, 0.5) is 0 Å². The quantitative estimate of drug-likeness (QED) is 0.505. The standard InChI is InChI=1S/C19H18BrCl2N/c20-15-6-17(23-18-14(15)4-13(21)5-16(18)22)19-7-10-1-11(8-19)3-12(2-10)9-19/h4-6,10-12H,1-3,7-9H2. The number of hydrogen-bond donors (Lipinski definition) is 0. The van der Waals surface area contributed by atoms with Crippen LogP contribution >= 0.6 is 39.1 Å². The number of nitrogens with zero attached hydrogens (tertiary/aromatic N) is 1. The Morgan fingerprint density at radius 3 is 2.17 bits per heavy atom. The summed E-state index contributed by atoms with van der Waals surface area (Å²) < 4.78 is 1.07. The maximum atomic E-state index is 6.45. The average molecular weight is 411 g/mol. The Morgan fingerprint density at radius 1 is 0.957 bits per heavy atom. The van der Waals surface area contributed by atoms with Gasteiger partial charge in [0, 0.05) is 26.0 Å². The molecule has 1 heterocycles. The Labute approximate surface area is 154 Å². The summed E-state index contributed by atoms with van der Waals surface area (Å²) in [6.07, 6.45) is 8.29. The minimum atomic E-state index is 0.286. The van der Waals surface area contributed by atoms with E-state index in [1.54, 1.807) is 6.07 Å². The molecule has 0 saturated heterocycles. The van der Waals surface area contributed by atoms with Crippen molar-refractivity contribution in [2.75, 3.05) is 0 Å². The zero-order chi connectivity index (χ0) is 15.8. The van der Waals surface area contributed by atoms with E-state index in [9.17, 15) is 0 Å². The van der Waals surface area contributed by atoms with Gasteiger partial charge >= 0.3 is 0 Å². The van der Waals surface area contributed by atoms with Crippen LogP contribution in [0.1, 0.15) is 44.2 Å². The normalized spacial score (nSPS) is 35.2. The summed E-state index contributed by atoms with van der Waals surface area (Å²) >= 11 is 16.3. The third-order valence-corrected chi connectivity index (χ3v) is 7.53. The van der Waals surface area contributed by atoms with Gasteiger partial charge in [-0.1, -0.05) is 39.1 Å². The van der Waals surface area contributed by atoms with Gasteiger partial charge in [0.2, 0.25) is 0 Å². The van der Waals surface area contributed by atoms with Gasteiger partial charge < -0.3 is 0 Å². The van der Waals surface area contributed by atoms with Crippen LogP contribution in [-0.4, -0.2) is 4.98 Å². The highest BCUT2D eigenvalue weighted by atomic mass is 79.9. The third-order valence-electron chi connectivity index (χ3n) is 6.36. The maximum absolute atomic E-state index is 6.45. The lowest BCUT2D eigenvalue weighted by molar-refractivity contribution is -0.00708. The predicted molar refractivity (Wildman–Crippen MR) is 99.3 cm³/mol. The largest absolute Gasteiger partial charge is 0.251 e. The second-order valence-electron chi connectivity index (χ2n) is 7.97. The van der Waals surface area contributed by atoms with E-state index >= 15 is 0 Å². The number of benzene rings is 1. The first-order valence-electron chi connectivity index (χ1n) is 8.48. The number of fused-ring (bicyclic) bond motifs is 1. The molecule has 4 aliphatic rings. The summed E-state index contributed by atoms with van der Waals surface area (Å²) in [5.74, 6) is 2.75. The number of halogens is 3. The van der Waals surface area contributed by atoms with E-state index in [-0.39, 0.29) is 5.41 Å². The van der Waals surface area contributed by atoms with Crippen LogP contribution in [0.5, 0.6) is 0 Å². The molecule has 6 rings (SSSR count). The number of rotatable bonds is 1. The summed E-state index contributed by atoms with van der Waals surface area (Å²) in [4.78, 5) is 5.05. The second-order valence-corrected chi connectivity index (χ2v) is 9.67. The molecule has 0 amide bonds. The van der Waals surface area contributed by atoms with Crippen molar-refractivity contribution >= 4 is 50.0 Å². The van der Waals surface area contributed by atoms with Crippen molar-refractivity contribution in [3.05, 3.63) is 38.4 Å². The van der Waals surface area contributed by atoms with E-state index in [2.05, 4.69) is 22.0 Å². The highest BCUT2D eigenvalue weighted by Crippen LogP contribution is 2.60. The van der Waals surface area contributed by atoms with Gasteiger partial charge in [-0.15, -0.1) is 0 Å². The van der Waals surface area contributed by atoms with Crippen LogP contribution in [0.3, 0.4) is 0 Å². The van der Waals surface area contributed by atoms with Crippen molar-refractivity contribution in [3.8, 4) is 0 Å². The molecule has 1 nitrogen and oxygen atoms in total. The zero-order valence-corrected chi connectivity index (χ0v) is 15.9. The van der Waals surface area contributed by atoms with E-state index in [0.29, 0.717) is 10.0 Å². The SMILES string of the molecule is Clc1cc(Cl)c2nc(C34CC5CC(CC(C5)C3)C4)cc(Br)c2c1. The van der Waals surface area contributed by atoms with Crippen molar-refractivity contribution in [2.24, 2.45) is 17.8 Å². The van der Waals surface area contributed by atoms with E-state index in [1.807, 2.05) is 6.07 Å². The lowest BCUT2D eigenvalue weighted by atomic mass is 9.49. The molecule has 2 aromatic rings. The molecular weight excluding hydrogens is 393 g/mol. The van der Waals surface area contributed by atoms with E-state index in [0.717, 1.165) is 33.1 Å². The van der Waals surface area contributed by atoms with Gasteiger partial charge in [-0.25, -0.2) is 0 Å². The van der Waals surface area contributed by atoms with Gasteiger partial charge in [0.15, 0.2) is 0 Å². The Balaban J connectivity index is 1.69. The lowest BCUT2D eigenvalue weighted by Gasteiger charge is -2.56. The molecule has 1 aromatic carbocycles. The van der Waals surface area contributed by atoms with Gasteiger partial charge in [-0.05, 0) is 74.5 Å². The molecule has 0 aliphatic heterocycles. The first-order valence-corrected chi connectivity index (χ1v) is 10.0. The number of aromatic nitrogens is 1. The molecule has 0 unspecified atom stereocenters. The molecule has 120 valence electrons. The molecular formula is C19H18BrCl2N. The van der Waals surface area contributed by atoms with Crippen molar-refractivity contribution in [2.45, 2.75) is 43.9 Å². The van der Waals surface area contributed by atoms with Crippen molar-refractivity contribution < 1.29 is 0 Å². The Hall–Kier alpha value is -0.310. The molecule has 4 heteroatoms. The smallest absolute Gasteiger partial charge is 0.0904 e. The fourth-order valence-electron chi connectivity index (χ4n) is 5.91. The minimum absolute atomic E-state index is 0.286. The minimum Gasteiger partial charge on any atom is -0.251 e. The number of hydrogen-bond acceptors (Lipinski definition) is 1. The van der Waals surface area contributed by atoms with Gasteiger partial charge in [0.25, 0.3) is 0 Å². The summed E-state index contributed by atoms with van der Waals surface area (Å²) in [5.41, 5.74) is 2.42. The number of pyridine rings is 1. The molecule has 23 heavy (non-hydrogen) atoms. The molecule has 1 aromatic heterocycles. The first kappa shape index (κ1) is 15.0. The van der Waals surface area contributed by atoms with Crippen molar-refractivity contribution in [1.29, 1.82) is 0 Å². The molecule has 4 fully saturated rings. The van der Waals surface area contributed by atoms with Crippen LogP contribution in [0.15, 0.2) is 22.7 Å². The van der Waals surface area contributed by atoms with Crippen molar-refractivity contribution in [1.82, 2.24) is 4.98 Å². The van der Waals surface area contributed by atoms with Crippen LogP contribution in [0, 0.1) is 17.8 Å². The molecule has 0 spiro atoms. The molecule has 0 atom stereocenters. The Kier molecular flexibility index (Phi) is 3.32. The van der Waals surface area contributed by atoms with Crippen LogP contribution in [0.25, 0.3) is 10.9 Å². The Morgan fingerprint density at radius 2 is 1.57 bits per heavy atom. The fourth-order valence-corrected chi connectivity index (χ4v) is 6.96. The monoisotopic (exact) mass is 409 g/mol. The topological polar surface area (TPSA) is 12.9 Å². The fraction of sp³-hybridized carbons (Fsp3) is 0.526. The second kappa shape index (κ2) is 5.09. The highest BCUT2D eigenvalue weighted by molar-refractivity contribution is 9.10.